The van der Waals surface area contributed by atoms with E-state index in [9.17, 15) is 9.18 Å². The maximum absolute atomic E-state index is 13.3. The van der Waals surface area contributed by atoms with Crippen molar-refractivity contribution in [1.82, 2.24) is 0 Å². The third-order valence-corrected chi connectivity index (χ3v) is 4.40. The zero-order valence-electron chi connectivity index (χ0n) is 11.1. The van der Waals surface area contributed by atoms with Crippen molar-refractivity contribution in [3.05, 3.63) is 28.0 Å². The van der Waals surface area contributed by atoms with Gasteiger partial charge in [0, 0.05) is 12.1 Å². The Morgan fingerprint density at radius 2 is 2.11 bits per heavy atom. The summed E-state index contributed by atoms with van der Waals surface area (Å²) in [7, 11) is 0. The largest absolute Gasteiger partial charge is 0.326 e. The molecule has 2 nitrogen and oxygen atoms in total. The monoisotopic (exact) mass is 327 g/mol. The number of hydrogen-bond donors (Lipinski definition) is 1. The van der Waals surface area contributed by atoms with Crippen LogP contribution in [0.15, 0.2) is 16.6 Å². The minimum absolute atomic E-state index is 0.0218. The quantitative estimate of drug-likeness (QED) is 0.845. The third-order valence-electron chi connectivity index (χ3n) is 3.80. The Bertz CT molecular complexity index is 469. The van der Waals surface area contributed by atoms with Gasteiger partial charge in [-0.3, -0.25) is 4.79 Å². The Morgan fingerprint density at radius 1 is 1.42 bits per heavy atom. The molecule has 1 amide bonds. The van der Waals surface area contributed by atoms with E-state index in [2.05, 4.69) is 21.2 Å². The maximum Gasteiger partial charge on any atom is 0.224 e. The predicted octanol–water partition coefficient (Wildman–Crippen LogP) is 4.81. The number of carbonyl (C=O) groups excluding carboxylic acids is 1. The molecule has 1 aromatic rings. The van der Waals surface area contributed by atoms with Gasteiger partial charge < -0.3 is 5.32 Å². The number of rotatable bonds is 4. The molecule has 0 heterocycles. The Morgan fingerprint density at radius 3 is 2.79 bits per heavy atom. The minimum atomic E-state index is -0.304. The molecule has 0 spiro atoms. The molecule has 0 aromatic heterocycles. The average molecular weight is 328 g/mol. The first kappa shape index (κ1) is 14.5. The van der Waals surface area contributed by atoms with Gasteiger partial charge in [-0.1, -0.05) is 25.7 Å². The highest BCUT2D eigenvalue weighted by Crippen LogP contribution is 2.29. The second-order valence-corrected chi connectivity index (χ2v) is 6.17. The summed E-state index contributed by atoms with van der Waals surface area (Å²) in [5, 5.41) is 2.87. The second-order valence-electron chi connectivity index (χ2n) is 5.32. The van der Waals surface area contributed by atoms with Crippen molar-refractivity contribution in [2.24, 2.45) is 5.92 Å². The summed E-state index contributed by atoms with van der Waals surface area (Å²) >= 11 is 3.14. The summed E-state index contributed by atoms with van der Waals surface area (Å²) in [5.74, 6) is 0.432. The summed E-state index contributed by atoms with van der Waals surface area (Å²) < 4.78 is 13.7. The number of hydrogen-bond acceptors (Lipinski definition) is 1. The van der Waals surface area contributed by atoms with Gasteiger partial charge in [-0.25, -0.2) is 4.39 Å². The molecule has 1 N–H and O–H groups in total. The van der Waals surface area contributed by atoms with E-state index in [1.165, 1.54) is 31.7 Å². The predicted molar refractivity (Wildman–Crippen MR) is 78.7 cm³/mol. The third kappa shape index (κ3) is 4.03. The van der Waals surface area contributed by atoms with Crippen LogP contribution in [0.3, 0.4) is 0 Å². The van der Waals surface area contributed by atoms with Crippen molar-refractivity contribution in [2.45, 2.75) is 45.4 Å². The molecule has 0 aliphatic heterocycles. The van der Waals surface area contributed by atoms with Crippen LogP contribution in [0.4, 0.5) is 10.1 Å². The number of halogens is 2. The normalized spacial score (nSPS) is 15.7. The summed E-state index contributed by atoms with van der Waals surface area (Å²) in [4.78, 5) is 11.9. The van der Waals surface area contributed by atoms with Crippen LogP contribution >= 0.6 is 15.9 Å². The first-order valence-corrected chi connectivity index (χ1v) is 7.61. The summed E-state index contributed by atoms with van der Waals surface area (Å²) in [5.41, 5.74) is 1.43. The van der Waals surface area contributed by atoms with E-state index in [0.717, 1.165) is 12.0 Å². The van der Waals surface area contributed by atoms with E-state index in [1.807, 2.05) is 0 Å². The van der Waals surface area contributed by atoms with Crippen molar-refractivity contribution in [3.8, 4) is 0 Å². The van der Waals surface area contributed by atoms with Gasteiger partial charge in [-0.05, 0) is 52.9 Å². The fourth-order valence-corrected chi connectivity index (χ4v) is 2.97. The molecule has 0 atom stereocenters. The fourth-order valence-electron chi connectivity index (χ4n) is 2.63. The number of nitrogens with one attached hydrogen (secondary N) is 1. The van der Waals surface area contributed by atoms with Crippen molar-refractivity contribution >= 4 is 27.5 Å². The van der Waals surface area contributed by atoms with Gasteiger partial charge in [-0.2, -0.15) is 0 Å². The van der Waals surface area contributed by atoms with Crippen molar-refractivity contribution < 1.29 is 9.18 Å². The van der Waals surface area contributed by atoms with E-state index in [-0.39, 0.29) is 11.7 Å². The highest BCUT2D eigenvalue weighted by atomic mass is 79.9. The van der Waals surface area contributed by atoms with E-state index < -0.39 is 0 Å². The van der Waals surface area contributed by atoms with Gasteiger partial charge in [0.25, 0.3) is 0 Å². The zero-order valence-corrected chi connectivity index (χ0v) is 12.7. The van der Waals surface area contributed by atoms with Gasteiger partial charge in [0.15, 0.2) is 0 Å². The van der Waals surface area contributed by atoms with Crippen molar-refractivity contribution in [2.75, 3.05) is 5.32 Å². The Hall–Kier alpha value is -0.900. The standard InChI is InChI=1S/C15H19BrFNO/c1-10-8-13(17)12(16)9-14(10)18-15(19)7-6-11-4-2-3-5-11/h8-9,11H,2-7H2,1H3,(H,18,19). The minimum Gasteiger partial charge on any atom is -0.326 e. The lowest BCUT2D eigenvalue weighted by molar-refractivity contribution is -0.116. The molecule has 1 fully saturated rings. The lowest BCUT2D eigenvalue weighted by Gasteiger charge is -2.11. The molecule has 1 aliphatic carbocycles. The molecule has 0 radical (unpaired) electrons. The molecule has 1 aromatic carbocycles. The maximum atomic E-state index is 13.3. The van der Waals surface area contributed by atoms with Gasteiger partial charge in [0.2, 0.25) is 5.91 Å². The molecule has 1 aliphatic rings. The van der Waals surface area contributed by atoms with Crippen molar-refractivity contribution in [3.63, 3.8) is 0 Å². The smallest absolute Gasteiger partial charge is 0.224 e. The number of aryl methyl sites for hydroxylation is 1. The van der Waals surface area contributed by atoms with Gasteiger partial charge >= 0.3 is 0 Å². The Kier molecular flexibility index (Phi) is 4.97. The number of carbonyl (C=O) groups is 1. The SMILES string of the molecule is Cc1cc(F)c(Br)cc1NC(=O)CCC1CCCC1. The molecule has 0 saturated heterocycles. The molecule has 1 saturated carbocycles. The Balaban J connectivity index is 1.89. The lowest BCUT2D eigenvalue weighted by Crippen LogP contribution is -2.13. The number of anilines is 1. The fraction of sp³-hybridized carbons (Fsp3) is 0.533. The van der Waals surface area contributed by atoms with Crippen LogP contribution in [-0.4, -0.2) is 5.91 Å². The van der Waals surface area contributed by atoms with Crippen molar-refractivity contribution in [1.29, 1.82) is 0 Å². The van der Waals surface area contributed by atoms with Crippen LogP contribution in [0.25, 0.3) is 0 Å². The van der Waals surface area contributed by atoms with E-state index in [4.69, 9.17) is 0 Å². The molecule has 4 heteroatoms. The highest BCUT2D eigenvalue weighted by Gasteiger charge is 2.16. The molecule has 104 valence electrons. The molecular formula is C15H19BrFNO. The molecule has 2 rings (SSSR count). The highest BCUT2D eigenvalue weighted by molar-refractivity contribution is 9.10. The average Bonchev–Trinajstić information content (AvgIpc) is 2.86. The van der Waals surface area contributed by atoms with Crippen LogP contribution in [0.2, 0.25) is 0 Å². The summed E-state index contributed by atoms with van der Waals surface area (Å²) in [6, 6.07) is 3.05. The summed E-state index contributed by atoms with van der Waals surface area (Å²) in [6.07, 6.45) is 6.64. The van der Waals surface area contributed by atoms with Gasteiger partial charge in [0.1, 0.15) is 5.82 Å². The van der Waals surface area contributed by atoms with Crippen LogP contribution in [-0.2, 0) is 4.79 Å². The Labute approximate surface area is 121 Å². The zero-order chi connectivity index (χ0) is 13.8. The van der Waals surface area contributed by atoms with E-state index >= 15 is 0 Å². The number of benzene rings is 1. The molecule has 0 unspecified atom stereocenters. The molecule has 19 heavy (non-hydrogen) atoms. The van der Waals surface area contributed by atoms with E-state index in [1.54, 1.807) is 13.0 Å². The van der Waals surface area contributed by atoms with Crippen LogP contribution in [0.1, 0.15) is 44.1 Å². The van der Waals surface area contributed by atoms with E-state index in [0.29, 0.717) is 22.5 Å². The van der Waals surface area contributed by atoms with Gasteiger partial charge in [-0.15, -0.1) is 0 Å². The van der Waals surface area contributed by atoms with Crippen LogP contribution < -0.4 is 5.32 Å². The molecule has 0 bridgehead atoms. The number of amides is 1. The molecular weight excluding hydrogens is 309 g/mol. The first-order chi connectivity index (χ1) is 9.06. The van der Waals surface area contributed by atoms with Crippen LogP contribution in [0.5, 0.6) is 0 Å². The van der Waals surface area contributed by atoms with Gasteiger partial charge in [0.05, 0.1) is 4.47 Å². The van der Waals surface area contributed by atoms with Crippen LogP contribution in [0, 0.1) is 18.7 Å². The lowest BCUT2D eigenvalue weighted by atomic mass is 10.0. The topological polar surface area (TPSA) is 29.1 Å². The summed E-state index contributed by atoms with van der Waals surface area (Å²) in [6.45, 7) is 1.79. The first-order valence-electron chi connectivity index (χ1n) is 6.82. The second kappa shape index (κ2) is 6.51.